The molecule has 0 saturated carbocycles. The fourth-order valence-corrected chi connectivity index (χ4v) is 2.58. The van der Waals surface area contributed by atoms with E-state index in [1.54, 1.807) is 29.2 Å². The van der Waals surface area contributed by atoms with Crippen LogP contribution >= 0.6 is 11.6 Å². The Bertz CT molecular complexity index is 542. The Morgan fingerprint density at radius 1 is 1.23 bits per heavy atom. The van der Waals surface area contributed by atoms with Crippen molar-refractivity contribution in [2.75, 3.05) is 26.3 Å². The number of amides is 2. The highest BCUT2D eigenvalue weighted by atomic mass is 35.5. The molecule has 1 fully saturated rings. The lowest BCUT2D eigenvalue weighted by molar-refractivity contribution is -0.138. The van der Waals surface area contributed by atoms with Gasteiger partial charge in [0.1, 0.15) is 6.04 Å². The number of hydrogen-bond donors (Lipinski definition) is 1. The van der Waals surface area contributed by atoms with Crippen LogP contribution < -0.4 is 5.32 Å². The summed E-state index contributed by atoms with van der Waals surface area (Å²) in [5.74, 6) is -0.411. The third-order valence-corrected chi connectivity index (χ3v) is 3.99. The first-order valence-electron chi connectivity index (χ1n) is 7.42. The quantitative estimate of drug-likeness (QED) is 0.921. The fraction of sp³-hybridized carbons (Fsp3) is 0.500. The molecule has 1 atom stereocenters. The van der Waals surface area contributed by atoms with Crippen molar-refractivity contribution in [1.82, 2.24) is 10.2 Å². The lowest BCUT2D eigenvalue weighted by Crippen LogP contribution is -2.53. The molecule has 1 unspecified atom stereocenters. The Morgan fingerprint density at radius 3 is 2.45 bits per heavy atom. The van der Waals surface area contributed by atoms with Crippen molar-refractivity contribution in [2.24, 2.45) is 5.92 Å². The summed E-state index contributed by atoms with van der Waals surface area (Å²) >= 11 is 6.04. The molecule has 0 bridgehead atoms. The molecular formula is C16H21ClN2O3. The van der Waals surface area contributed by atoms with E-state index in [2.05, 4.69) is 5.32 Å². The Morgan fingerprint density at radius 2 is 1.86 bits per heavy atom. The molecule has 1 aliphatic rings. The van der Waals surface area contributed by atoms with Gasteiger partial charge in [0.05, 0.1) is 23.8 Å². The molecule has 0 spiro atoms. The zero-order valence-electron chi connectivity index (χ0n) is 12.8. The molecule has 0 radical (unpaired) electrons. The molecule has 0 aromatic heterocycles. The number of morpholine rings is 1. The molecular weight excluding hydrogens is 304 g/mol. The van der Waals surface area contributed by atoms with Crippen LogP contribution in [-0.2, 0) is 9.53 Å². The predicted molar refractivity (Wildman–Crippen MR) is 84.9 cm³/mol. The molecule has 0 aliphatic carbocycles. The molecule has 2 amide bonds. The van der Waals surface area contributed by atoms with Crippen molar-refractivity contribution >= 4 is 23.4 Å². The number of ether oxygens (including phenoxy) is 1. The summed E-state index contributed by atoms with van der Waals surface area (Å²) in [5, 5.41) is 3.19. The van der Waals surface area contributed by atoms with Gasteiger partial charge >= 0.3 is 0 Å². The zero-order valence-corrected chi connectivity index (χ0v) is 13.6. The van der Waals surface area contributed by atoms with Crippen LogP contribution in [0.15, 0.2) is 24.3 Å². The van der Waals surface area contributed by atoms with Crippen LogP contribution in [0.5, 0.6) is 0 Å². The molecule has 6 heteroatoms. The summed E-state index contributed by atoms with van der Waals surface area (Å²) in [4.78, 5) is 26.7. The second-order valence-corrected chi connectivity index (χ2v) is 6.02. The zero-order chi connectivity index (χ0) is 16.1. The van der Waals surface area contributed by atoms with Crippen molar-refractivity contribution in [3.05, 3.63) is 34.9 Å². The van der Waals surface area contributed by atoms with E-state index in [4.69, 9.17) is 16.3 Å². The van der Waals surface area contributed by atoms with Crippen LogP contribution in [0.2, 0.25) is 5.02 Å². The minimum absolute atomic E-state index is 0.0122. The molecule has 120 valence electrons. The summed E-state index contributed by atoms with van der Waals surface area (Å²) < 4.78 is 5.26. The normalized spacial score (nSPS) is 16.5. The number of halogens is 1. The van der Waals surface area contributed by atoms with E-state index in [9.17, 15) is 9.59 Å². The first kappa shape index (κ1) is 16.8. The van der Waals surface area contributed by atoms with Gasteiger partial charge in [-0.2, -0.15) is 0 Å². The van der Waals surface area contributed by atoms with E-state index in [1.165, 1.54) is 0 Å². The summed E-state index contributed by atoms with van der Waals surface area (Å²) in [6, 6.07) is 6.24. The van der Waals surface area contributed by atoms with Gasteiger partial charge in [0, 0.05) is 13.1 Å². The van der Waals surface area contributed by atoms with Gasteiger partial charge in [0.15, 0.2) is 0 Å². The monoisotopic (exact) mass is 324 g/mol. The van der Waals surface area contributed by atoms with E-state index in [-0.39, 0.29) is 17.7 Å². The van der Waals surface area contributed by atoms with Gasteiger partial charge in [-0.05, 0) is 18.1 Å². The number of carbonyl (C=O) groups is 2. The molecule has 5 nitrogen and oxygen atoms in total. The highest BCUT2D eigenvalue weighted by molar-refractivity contribution is 6.33. The first-order chi connectivity index (χ1) is 10.5. The van der Waals surface area contributed by atoms with Crippen molar-refractivity contribution in [3.8, 4) is 0 Å². The Kier molecular flexibility index (Phi) is 5.80. The van der Waals surface area contributed by atoms with E-state index in [1.807, 2.05) is 13.8 Å². The maximum Gasteiger partial charge on any atom is 0.253 e. The predicted octanol–water partition coefficient (Wildman–Crippen LogP) is 1.95. The standard InChI is InChI=1S/C16H21ClN2O3/c1-11(2)14(16(21)19-7-9-22-10-8-19)18-15(20)12-5-3-4-6-13(12)17/h3-6,11,14H,7-10H2,1-2H3,(H,18,20). The number of rotatable bonds is 4. The van der Waals surface area contributed by atoms with Gasteiger partial charge < -0.3 is 15.0 Å². The minimum atomic E-state index is -0.568. The van der Waals surface area contributed by atoms with Gasteiger partial charge in [-0.1, -0.05) is 37.6 Å². The number of benzene rings is 1. The Labute approximate surface area is 135 Å². The number of hydrogen-bond acceptors (Lipinski definition) is 3. The summed E-state index contributed by atoms with van der Waals surface area (Å²) in [5.41, 5.74) is 0.379. The third kappa shape index (κ3) is 3.99. The van der Waals surface area contributed by atoms with E-state index >= 15 is 0 Å². The second-order valence-electron chi connectivity index (χ2n) is 5.61. The molecule has 1 N–H and O–H groups in total. The molecule has 1 heterocycles. The molecule has 1 saturated heterocycles. The van der Waals surface area contributed by atoms with E-state index in [0.717, 1.165) is 0 Å². The molecule has 1 aromatic rings. The molecule has 22 heavy (non-hydrogen) atoms. The highest BCUT2D eigenvalue weighted by Gasteiger charge is 2.30. The van der Waals surface area contributed by atoms with Crippen LogP contribution in [0, 0.1) is 5.92 Å². The number of nitrogens with one attached hydrogen (secondary N) is 1. The van der Waals surface area contributed by atoms with Crippen molar-refractivity contribution < 1.29 is 14.3 Å². The van der Waals surface area contributed by atoms with Crippen LogP contribution in [0.1, 0.15) is 24.2 Å². The maximum atomic E-state index is 12.6. The number of nitrogens with zero attached hydrogens (tertiary/aromatic N) is 1. The molecule has 2 rings (SSSR count). The van der Waals surface area contributed by atoms with Gasteiger partial charge in [-0.25, -0.2) is 0 Å². The summed E-state index contributed by atoms with van der Waals surface area (Å²) in [6.45, 7) is 6.02. The highest BCUT2D eigenvalue weighted by Crippen LogP contribution is 2.16. The average molecular weight is 325 g/mol. The van der Waals surface area contributed by atoms with Gasteiger partial charge in [0.2, 0.25) is 5.91 Å². The van der Waals surface area contributed by atoms with Crippen molar-refractivity contribution in [1.29, 1.82) is 0 Å². The lowest BCUT2D eigenvalue weighted by atomic mass is 10.0. The van der Waals surface area contributed by atoms with Gasteiger partial charge in [-0.15, -0.1) is 0 Å². The maximum absolute atomic E-state index is 12.6. The van der Waals surface area contributed by atoms with Gasteiger partial charge in [0.25, 0.3) is 5.91 Å². The molecule has 1 aromatic carbocycles. The molecule has 1 aliphatic heterocycles. The summed E-state index contributed by atoms with van der Waals surface area (Å²) in [6.07, 6.45) is 0. The van der Waals surface area contributed by atoms with Crippen LogP contribution in [0.25, 0.3) is 0 Å². The van der Waals surface area contributed by atoms with Crippen molar-refractivity contribution in [2.45, 2.75) is 19.9 Å². The SMILES string of the molecule is CC(C)C(NC(=O)c1ccccc1Cl)C(=O)N1CCOCC1. The Balaban J connectivity index is 2.10. The van der Waals surface area contributed by atoms with Gasteiger partial charge in [-0.3, -0.25) is 9.59 Å². The first-order valence-corrected chi connectivity index (χ1v) is 7.80. The minimum Gasteiger partial charge on any atom is -0.378 e. The number of carbonyl (C=O) groups excluding carboxylic acids is 2. The topological polar surface area (TPSA) is 58.6 Å². The van der Waals surface area contributed by atoms with Crippen LogP contribution in [0.4, 0.5) is 0 Å². The Hall–Kier alpha value is -1.59. The largest absolute Gasteiger partial charge is 0.378 e. The summed E-state index contributed by atoms with van der Waals surface area (Å²) in [7, 11) is 0. The third-order valence-electron chi connectivity index (χ3n) is 3.66. The van der Waals surface area contributed by atoms with E-state index < -0.39 is 6.04 Å². The van der Waals surface area contributed by atoms with Crippen LogP contribution in [-0.4, -0.2) is 49.1 Å². The average Bonchev–Trinajstić information content (AvgIpc) is 2.52. The second kappa shape index (κ2) is 7.61. The van der Waals surface area contributed by atoms with Crippen molar-refractivity contribution in [3.63, 3.8) is 0 Å². The van der Waals surface area contributed by atoms with E-state index in [0.29, 0.717) is 36.9 Å². The lowest BCUT2D eigenvalue weighted by Gasteiger charge is -2.32. The van der Waals surface area contributed by atoms with Crippen LogP contribution in [0.3, 0.4) is 0 Å². The smallest absolute Gasteiger partial charge is 0.253 e. The fourth-order valence-electron chi connectivity index (χ4n) is 2.36.